The molecule has 26 heavy (non-hydrogen) atoms. The van der Waals surface area contributed by atoms with E-state index in [-0.39, 0.29) is 12.0 Å². The zero-order valence-corrected chi connectivity index (χ0v) is 15.4. The van der Waals surface area contributed by atoms with Gasteiger partial charge in [0, 0.05) is 26.2 Å². The number of hydrogen-bond acceptors (Lipinski definition) is 6. The number of morpholine rings is 1. The molecule has 0 aliphatic carbocycles. The summed E-state index contributed by atoms with van der Waals surface area (Å²) >= 11 is 0. The average Bonchev–Trinajstić information content (AvgIpc) is 3.11. The maximum absolute atomic E-state index is 11.5. The summed E-state index contributed by atoms with van der Waals surface area (Å²) in [7, 11) is 1.39. The molecule has 0 radical (unpaired) electrons. The van der Waals surface area contributed by atoms with E-state index in [9.17, 15) is 4.79 Å². The molecule has 2 heterocycles. The van der Waals surface area contributed by atoms with E-state index in [1.807, 2.05) is 25.1 Å². The molecule has 1 aromatic carbocycles. The van der Waals surface area contributed by atoms with Crippen molar-refractivity contribution in [2.45, 2.75) is 19.5 Å². The molecule has 1 saturated heterocycles. The predicted octanol–water partition coefficient (Wildman–Crippen LogP) is 2.54. The number of carbonyl (C=O) groups excluding carboxylic acids is 1. The molecular weight excluding hydrogens is 332 g/mol. The highest BCUT2D eigenvalue weighted by Crippen LogP contribution is 2.23. The third kappa shape index (κ3) is 4.72. The number of methoxy groups -OCH3 is 1. The monoisotopic (exact) mass is 358 g/mol. The van der Waals surface area contributed by atoms with Crippen LogP contribution in [0.15, 0.2) is 40.8 Å². The molecule has 1 aliphatic rings. The summed E-state index contributed by atoms with van der Waals surface area (Å²) in [6.45, 7) is 6.79. The minimum atomic E-state index is -0.315. The van der Waals surface area contributed by atoms with Crippen LogP contribution in [0.25, 0.3) is 0 Å². The van der Waals surface area contributed by atoms with Gasteiger partial charge in [-0.2, -0.15) is 0 Å². The van der Waals surface area contributed by atoms with Gasteiger partial charge in [-0.15, -0.1) is 0 Å². The fourth-order valence-corrected chi connectivity index (χ4v) is 3.16. The molecule has 0 amide bonds. The Balaban J connectivity index is 1.59. The van der Waals surface area contributed by atoms with Crippen molar-refractivity contribution in [1.29, 1.82) is 0 Å². The van der Waals surface area contributed by atoms with Crippen LogP contribution in [0.2, 0.25) is 0 Å². The Labute approximate surface area is 154 Å². The minimum Gasteiger partial charge on any atom is -0.465 e. The molecular formula is C20H26N2O4. The van der Waals surface area contributed by atoms with Crippen LogP contribution in [0.1, 0.15) is 33.5 Å². The molecule has 0 bridgehead atoms. The van der Waals surface area contributed by atoms with E-state index in [0.717, 1.165) is 56.5 Å². The van der Waals surface area contributed by atoms with Crippen LogP contribution in [-0.4, -0.2) is 50.8 Å². The van der Waals surface area contributed by atoms with Gasteiger partial charge in [0.2, 0.25) is 0 Å². The van der Waals surface area contributed by atoms with Crippen molar-refractivity contribution in [3.63, 3.8) is 0 Å². The molecule has 1 aliphatic heterocycles. The minimum absolute atomic E-state index is 0.182. The van der Waals surface area contributed by atoms with Crippen molar-refractivity contribution in [2.24, 2.45) is 0 Å². The van der Waals surface area contributed by atoms with E-state index in [1.165, 1.54) is 7.11 Å². The van der Waals surface area contributed by atoms with Gasteiger partial charge in [0.1, 0.15) is 11.5 Å². The standard InChI is InChI=1S/C20H26N2O4/c1-15-3-8-19(26-15)18(22-9-11-25-12-10-22)14-21-13-16-4-6-17(7-5-16)20(23)24-2/h3-8,18,21H,9-14H2,1-2H3. The van der Waals surface area contributed by atoms with Crippen molar-refractivity contribution < 1.29 is 18.7 Å². The van der Waals surface area contributed by atoms with Crippen molar-refractivity contribution in [3.05, 3.63) is 59.0 Å². The van der Waals surface area contributed by atoms with E-state index in [1.54, 1.807) is 12.1 Å². The zero-order valence-electron chi connectivity index (χ0n) is 15.4. The second kappa shape index (κ2) is 8.98. The van der Waals surface area contributed by atoms with Crippen molar-refractivity contribution in [2.75, 3.05) is 40.0 Å². The van der Waals surface area contributed by atoms with Crippen LogP contribution in [0.4, 0.5) is 0 Å². The molecule has 1 fully saturated rings. The summed E-state index contributed by atoms with van der Waals surface area (Å²) < 4.78 is 16.1. The molecule has 1 atom stereocenters. The Hall–Kier alpha value is -2.15. The van der Waals surface area contributed by atoms with Gasteiger partial charge in [0.15, 0.2) is 0 Å². The number of furan rings is 1. The van der Waals surface area contributed by atoms with Gasteiger partial charge >= 0.3 is 5.97 Å². The summed E-state index contributed by atoms with van der Waals surface area (Å²) in [5, 5.41) is 3.51. The van der Waals surface area contributed by atoms with Crippen molar-refractivity contribution in [3.8, 4) is 0 Å². The van der Waals surface area contributed by atoms with Gasteiger partial charge in [-0.05, 0) is 36.8 Å². The Morgan fingerprint density at radius 1 is 1.19 bits per heavy atom. The predicted molar refractivity (Wildman–Crippen MR) is 98.1 cm³/mol. The maximum Gasteiger partial charge on any atom is 0.337 e. The largest absolute Gasteiger partial charge is 0.465 e. The number of rotatable bonds is 7. The fraction of sp³-hybridized carbons (Fsp3) is 0.450. The molecule has 6 nitrogen and oxygen atoms in total. The summed E-state index contributed by atoms with van der Waals surface area (Å²) in [4.78, 5) is 13.9. The molecule has 0 spiro atoms. The smallest absolute Gasteiger partial charge is 0.337 e. The zero-order chi connectivity index (χ0) is 18.4. The van der Waals surface area contributed by atoms with Gasteiger partial charge in [0.05, 0.1) is 31.9 Å². The summed E-state index contributed by atoms with van der Waals surface area (Å²) in [5.41, 5.74) is 1.68. The first-order valence-electron chi connectivity index (χ1n) is 8.93. The van der Waals surface area contributed by atoms with Gasteiger partial charge in [-0.3, -0.25) is 4.90 Å². The lowest BCUT2D eigenvalue weighted by molar-refractivity contribution is 0.0115. The first-order valence-corrected chi connectivity index (χ1v) is 8.93. The molecule has 140 valence electrons. The Kier molecular flexibility index (Phi) is 6.44. The first-order chi connectivity index (χ1) is 12.7. The van der Waals surface area contributed by atoms with Gasteiger partial charge in [-0.1, -0.05) is 12.1 Å². The van der Waals surface area contributed by atoms with Crippen molar-refractivity contribution in [1.82, 2.24) is 10.2 Å². The number of carbonyl (C=O) groups is 1. The highest BCUT2D eigenvalue weighted by atomic mass is 16.5. The molecule has 1 unspecified atom stereocenters. The normalized spacial score (nSPS) is 16.4. The highest BCUT2D eigenvalue weighted by Gasteiger charge is 2.24. The first kappa shape index (κ1) is 18.6. The van der Waals surface area contributed by atoms with Crippen LogP contribution >= 0.6 is 0 Å². The highest BCUT2D eigenvalue weighted by molar-refractivity contribution is 5.89. The number of nitrogens with zero attached hydrogens (tertiary/aromatic N) is 1. The number of ether oxygens (including phenoxy) is 2. The Morgan fingerprint density at radius 3 is 2.54 bits per heavy atom. The summed E-state index contributed by atoms with van der Waals surface area (Å²) in [6.07, 6.45) is 0. The van der Waals surface area contributed by atoms with Crippen LogP contribution < -0.4 is 5.32 Å². The van der Waals surface area contributed by atoms with E-state index < -0.39 is 0 Å². The Bertz CT molecular complexity index is 705. The molecule has 0 saturated carbocycles. The second-order valence-corrected chi connectivity index (χ2v) is 6.43. The average molecular weight is 358 g/mol. The fourth-order valence-electron chi connectivity index (χ4n) is 3.16. The lowest BCUT2D eigenvalue weighted by Crippen LogP contribution is -2.42. The number of aryl methyl sites for hydroxylation is 1. The van der Waals surface area contributed by atoms with Gasteiger partial charge in [0.25, 0.3) is 0 Å². The quantitative estimate of drug-likeness (QED) is 0.768. The van der Waals surface area contributed by atoms with Crippen LogP contribution in [0.3, 0.4) is 0 Å². The molecule has 2 aromatic rings. The van der Waals surface area contributed by atoms with E-state index in [2.05, 4.69) is 16.3 Å². The van der Waals surface area contributed by atoms with E-state index >= 15 is 0 Å². The van der Waals surface area contributed by atoms with E-state index in [4.69, 9.17) is 13.9 Å². The number of esters is 1. The maximum atomic E-state index is 11.5. The van der Waals surface area contributed by atoms with Crippen molar-refractivity contribution >= 4 is 5.97 Å². The summed E-state index contributed by atoms with van der Waals surface area (Å²) in [6, 6.07) is 11.7. The van der Waals surface area contributed by atoms with Crippen LogP contribution in [-0.2, 0) is 16.0 Å². The second-order valence-electron chi connectivity index (χ2n) is 6.43. The molecule has 1 N–H and O–H groups in total. The molecule has 3 rings (SSSR count). The SMILES string of the molecule is COC(=O)c1ccc(CNCC(c2ccc(C)o2)N2CCOCC2)cc1. The molecule has 6 heteroatoms. The topological polar surface area (TPSA) is 63.9 Å². The van der Waals surface area contributed by atoms with Gasteiger partial charge < -0.3 is 19.2 Å². The Morgan fingerprint density at radius 2 is 1.92 bits per heavy atom. The van der Waals surface area contributed by atoms with E-state index in [0.29, 0.717) is 5.56 Å². The lowest BCUT2D eigenvalue weighted by atomic mass is 10.1. The van der Waals surface area contributed by atoms with Crippen LogP contribution in [0, 0.1) is 6.92 Å². The number of benzene rings is 1. The summed E-state index contributed by atoms with van der Waals surface area (Å²) in [5.74, 6) is 1.60. The third-order valence-electron chi connectivity index (χ3n) is 4.62. The van der Waals surface area contributed by atoms with Gasteiger partial charge in [-0.25, -0.2) is 4.79 Å². The number of hydrogen-bond donors (Lipinski definition) is 1. The number of nitrogens with one attached hydrogen (secondary N) is 1. The molecule has 1 aromatic heterocycles. The van der Waals surface area contributed by atoms with Crippen LogP contribution in [0.5, 0.6) is 0 Å². The third-order valence-corrected chi connectivity index (χ3v) is 4.62. The lowest BCUT2D eigenvalue weighted by Gasteiger charge is -2.33.